The predicted octanol–water partition coefficient (Wildman–Crippen LogP) is 4.58. The lowest BCUT2D eigenvalue weighted by molar-refractivity contribution is 0.201. The van der Waals surface area contributed by atoms with E-state index in [9.17, 15) is 4.39 Å². The summed E-state index contributed by atoms with van der Waals surface area (Å²) in [5.74, 6) is -0.178. The zero-order chi connectivity index (χ0) is 15.4. The Balaban J connectivity index is 2.16. The topological polar surface area (TPSA) is 29.3 Å². The van der Waals surface area contributed by atoms with E-state index < -0.39 is 0 Å². The molecule has 0 aliphatic rings. The van der Waals surface area contributed by atoms with E-state index in [4.69, 9.17) is 5.73 Å². The molecule has 112 valence electrons. The molecular weight excluding hydrogens is 331 g/mol. The number of halogens is 2. The Morgan fingerprint density at radius 2 is 1.90 bits per heavy atom. The number of nitrogen functional groups attached to an aromatic ring is 1. The highest BCUT2D eigenvalue weighted by Crippen LogP contribution is 2.19. The lowest BCUT2D eigenvalue weighted by atomic mass is 10.1. The fourth-order valence-corrected chi connectivity index (χ4v) is 2.55. The summed E-state index contributed by atoms with van der Waals surface area (Å²) in [6, 6.07) is 13.4. The maximum atomic E-state index is 14.0. The molecular formula is C17H20BrFN2. The zero-order valence-corrected chi connectivity index (χ0v) is 13.9. The number of rotatable bonds is 5. The highest BCUT2D eigenvalue weighted by molar-refractivity contribution is 9.10. The van der Waals surface area contributed by atoms with Crippen molar-refractivity contribution in [2.45, 2.75) is 33.0 Å². The Kier molecular flexibility index (Phi) is 5.37. The molecule has 0 unspecified atom stereocenters. The summed E-state index contributed by atoms with van der Waals surface area (Å²) in [5.41, 5.74) is 8.42. The summed E-state index contributed by atoms with van der Waals surface area (Å²) >= 11 is 3.29. The third-order valence-corrected chi connectivity index (χ3v) is 3.95. The van der Waals surface area contributed by atoms with Crippen molar-refractivity contribution in [3.05, 3.63) is 63.9 Å². The van der Waals surface area contributed by atoms with Crippen LogP contribution in [0.5, 0.6) is 0 Å². The van der Waals surface area contributed by atoms with Gasteiger partial charge in [-0.3, -0.25) is 4.90 Å². The Morgan fingerprint density at radius 1 is 1.14 bits per heavy atom. The van der Waals surface area contributed by atoms with Crippen molar-refractivity contribution >= 4 is 21.6 Å². The van der Waals surface area contributed by atoms with Gasteiger partial charge in [0.2, 0.25) is 0 Å². The molecule has 0 fully saturated rings. The molecule has 21 heavy (non-hydrogen) atoms. The van der Waals surface area contributed by atoms with Crippen LogP contribution in [0, 0.1) is 5.82 Å². The van der Waals surface area contributed by atoms with Crippen LogP contribution in [0.2, 0.25) is 0 Å². The van der Waals surface area contributed by atoms with Gasteiger partial charge in [-0.15, -0.1) is 0 Å². The summed E-state index contributed by atoms with van der Waals surface area (Å²) in [5, 5.41) is 0. The average Bonchev–Trinajstić information content (AvgIpc) is 2.40. The molecule has 0 saturated carbocycles. The summed E-state index contributed by atoms with van der Waals surface area (Å²) < 4.78 is 14.8. The van der Waals surface area contributed by atoms with Crippen LogP contribution in [0.3, 0.4) is 0 Å². The van der Waals surface area contributed by atoms with Crippen LogP contribution in [0.1, 0.15) is 25.0 Å². The van der Waals surface area contributed by atoms with Gasteiger partial charge in [0.05, 0.1) is 0 Å². The molecule has 2 rings (SSSR count). The van der Waals surface area contributed by atoms with Gasteiger partial charge in [0.15, 0.2) is 0 Å². The molecule has 0 aliphatic heterocycles. The van der Waals surface area contributed by atoms with Crippen LogP contribution in [0.4, 0.5) is 10.1 Å². The van der Waals surface area contributed by atoms with Gasteiger partial charge in [-0.05, 0) is 43.7 Å². The van der Waals surface area contributed by atoms with Gasteiger partial charge in [-0.1, -0.05) is 34.1 Å². The van der Waals surface area contributed by atoms with Gasteiger partial charge in [0.25, 0.3) is 0 Å². The van der Waals surface area contributed by atoms with Crippen molar-refractivity contribution in [3.8, 4) is 0 Å². The molecule has 0 radical (unpaired) electrons. The van der Waals surface area contributed by atoms with E-state index >= 15 is 0 Å². The number of nitrogens with zero attached hydrogens (tertiary/aromatic N) is 1. The third kappa shape index (κ3) is 4.55. The van der Waals surface area contributed by atoms with Crippen LogP contribution >= 0.6 is 15.9 Å². The molecule has 4 heteroatoms. The van der Waals surface area contributed by atoms with Crippen molar-refractivity contribution in [1.29, 1.82) is 0 Å². The van der Waals surface area contributed by atoms with Crippen LogP contribution < -0.4 is 5.73 Å². The maximum absolute atomic E-state index is 14.0. The first-order valence-corrected chi connectivity index (χ1v) is 7.77. The van der Waals surface area contributed by atoms with Crippen LogP contribution in [0.25, 0.3) is 0 Å². The molecule has 0 saturated heterocycles. The second-order valence-corrected chi connectivity index (χ2v) is 6.40. The Morgan fingerprint density at radius 3 is 2.52 bits per heavy atom. The monoisotopic (exact) mass is 350 g/mol. The first-order chi connectivity index (χ1) is 9.95. The van der Waals surface area contributed by atoms with Crippen molar-refractivity contribution < 1.29 is 4.39 Å². The summed E-state index contributed by atoms with van der Waals surface area (Å²) in [6.45, 7) is 5.55. The van der Waals surface area contributed by atoms with E-state index in [0.717, 1.165) is 22.3 Å². The van der Waals surface area contributed by atoms with Crippen molar-refractivity contribution in [2.24, 2.45) is 0 Å². The quantitative estimate of drug-likeness (QED) is 0.799. The smallest absolute Gasteiger partial charge is 0.128 e. The Bertz CT molecular complexity index is 613. The minimum atomic E-state index is -0.178. The van der Waals surface area contributed by atoms with E-state index in [-0.39, 0.29) is 5.82 Å². The third-order valence-electron chi connectivity index (χ3n) is 3.46. The number of hydrogen-bond acceptors (Lipinski definition) is 2. The van der Waals surface area contributed by atoms with E-state index in [0.29, 0.717) is 18.2 Å². The van der Waals surface area contributed by atoms with Crippen LogP contribution in [0.15, 0.2) is 46.9 Å². The molecule has 0 spiro atoms. The number of benzene rings is 2. The van der Waals surface area contributed by atoms with Crippen LogP contribution in [-0.4, -0.2) is 10.9 Å². The molecule has 0 heterocycles. The minimum Gasteiger partial charge on any atom is -0.399 e. The van der Waals surface area contributed by atoms with Crippen molar-refractivity contribution in [3.63, 3.8) is 0 Å². The highest BCUT2D eigenvalue weighted by Gasteiger charge is 2.13. The lowest BCUT2D eigenvalue weighted by Crippen LogP contribution is -2.30. The van der Waals surface area contributed by atoms with Gasteiger partial charge >= 0.3 is 0 Å². The minimum absolute atomic E-state index is 0.178. The van der Waals surface area contributed by atoms with Gasteiger partial charge < -0.3 is 5.73 Å². The predicted molar refractivity (Wildman–Crippen MR) is 89.3 cm³/mol. The highest BCUT2D eigenvalue weighted by atomic mass is 79.9. The fraction of sp³-hybridized carbons (Fsp3) is 0.294. The fourth-order valence-electron chi connectivity index (χ4n) is 2.22. The van der Waals surface area contributed by atoms with E-state index in [1.165, 1.54) is 6.07 Å². The molecule has 0 aliphatic carbocycles. The standard InChI is InChI=1S/C17H20BrFN2/c1-12(2)21(10-13-4-3-5-16(20)8-13)11-14-6-7-15(18)9-17(14)19/h3-9,12H,10-11,20H2,1-2H3. The molecule has 0 atom stereocenters. The maximum Gasteiger partial charge on any atom is 0.128 e. The van der Waals surface area contributed by atoms with Gasteiger partial charge in [0, 0.05) is 34.9 Å². The first kappa shape index (κ1) is 16.0. The molecule has 0 aromatic heterocycles. The van der Waals surface area contributed by atoms with Gasteiger partial charge in [-0.25, -0.2) is 4.39 Å². The van der Waals surface area contributed by atoms with E-state index in [1.807, 2.05) is 36.4 Å². The number of anilines is 1. The summed E-state index contributed by atoms with van der Waals surface area (Å²) in [6.07, 6.45) is 0. The molecule has 0 amide bonds. The molecule has 2 nitrogen and oxygen atoms in total. The summed E-state index contributed by atoms with van der Waals surface area (Å²) in [4.78, 5) is 2.22. The molecule has 2 aromatic carbocycles. The Labute approximate surface area is 133 Å². The first-order valence-electron chi connectivity index (χ1n) is 6.98. The number of hydrogen-bond donors (Lipinski definition) is 1. The largest absolute Gasteiger partial charge is 0.399 e. The van der Waals surface area contributed by atoms with Crippen molar-refractivity contribution in [1.82, 2.24) is 4.90 Å². The normalized spacial score (nSPS) is 11.3. The van der Waals surface area contributed by atoms with Gasteiger partial charge in [-0.2, -0.15) is 0 Å². The average molecular weight is 351 g/mol. The van der Waals surface area contributed by atoms with E-state index in [1.54, 1.807) is 0 Å². The Hall–Kier alpha value is -1.39. The number of nitrogens with two attached hydrogens (primary N) is 1. The van der Waals surface area contributed by atoms with Crippen LogP contribution in [-0.2, 0) is 13.1 Å². The van der Waals surface area contributed by atoms with Crippen molar-refractivity contribution in [2.75, 3.05) is 5.73 Å². The second kappa shape index (κ2) is 7.05. The SMILES string of the molecule is CC(C)N(Cc1cccc(N)c1)Cc1ccc(Br)cc1F. The molecule has 0 bridgehead atoms. The van der Waals surface area contributed by atoms with E-state index in [2.05, 4.69) is 34.7 Å². The lowest BCUT2D eigenvalue weighted by Gasteiger charge is -2.27. The molecule has 2 aromatic rings. The summed E-state index contributed by atoms with van der Waals surface area (Å²) in [7, 11) is 0. The van der Waals surface area contributed by atoms with Gasteiger partial charge in [0.1, 0.15) is 5.82 Å². The molecule has 2 N–H and O–H groups in total. The zero-order valence-electron chi connectivity index (χ0n) is 12.3. The second-order valence-electron chi connectivity index (χ2n) is 5.48.